The highest BCUT2D eigenvalue weighted by Gasteiger charge is 2.10. The summed E-state index contributed by atoms with van der Waals surface area (Å²) in [6, 6.07) is 3.30. The number of alkyl halides is 1. The molecule has 0 aliphatic heterocycles. The van der Waals surface area contributed by atoms with Crippen molar-refractivity contribution < 1.29 is 9.47 Å². The molecule has 1 heterocycles. The number of H-pyrrole nitrogens is 1. The van der Waals surface area contributed by atoms with E-state index in [9.17, 15) is 4.79 Å². The van der Waals surface area contributed by atoms with Crippen molar-refractivity contribution in [1.29, 1.82) is 0 Å². The number of methoxy groups -OCH3 is 2. The summed E-state index contributed by atoms with van der Waals surface area (Å²) in [4.78, 5) is 18.9. The van der Waals surface area contributed by atoms with Crippen molar-refractivity contribution in [2.45, 2.75) is 6.42 Å². The van der Waals surface area contributed by atoms with Gasteiger partial charge in [0.05, 0.1) is 25.1 Å². The Labute approximate surface area is 109 Å². The van der Waals surface area contributed by atoms with E-state index in [2.05, 4.69) is 9.97 Å². The first-order chi connectivity index (χ1) is 8.69. The smallest absolute Gasteiger partial charge is 0.258 e. The molecule has 96 valence electrons. The molecule has 5 nitrogen and oxygen atoms in total. The van der Waals surface area contributed by atoms with E-state index in [0.29, 0.717) is 40.5 Å². The van der Waals surface area contributed by atoms with Gasteiger partial charge in [-0.2, -0.15) is 0 Å². The summed E-state index contributed by atoms with van der Waals surface area (Å²) in [5.41, 5.74) is 0.359. The van der Waals surface area contributed by atoms with Crippen molar-refractivity contribution in [3.63, 3.8) is 0 Å². The summed E-state index contributed by atoms with van der Waals surface area (Å²) in [5, 5.41) is 0.464. The Morgan fingerprint density at radius 1 is 1.28 bits per heavy atom. The molecular weight excluding hydrogens is 256 g/mol. The van der Waals surface area contributed by atoms with Gasteiger partial charge in [-0.1, -0.05) is 0 Å². The Hall–Kier alpha value is -1.75. The maximum absolute atomic E-state index is 11.9. The van der Waals surface area contributed by atoms with Crippen LogP contribution in [0.5, 0.6) is 11.5 Å². The van der Waals surface area contributed by atoms with Crippen molar-refractivity contribution in [3.8, 4) is 11.5 Å². The largest absolute Gasteiger partial charge is 0.493 e. The second kappa shape index (κ2) is 5.27. The molecule has 1 aromatic heterocycles. The van der Waals surface area contributed by atoms with E-state index < -0.39 is 0 Å². The maximum atomic E-state index is 11.9. The molecule has 2 aromatic rings. The van der Waals surface area contributed by atoms with Crippen molar-refractivity contribution in [2.24, 2.45) is 0 Å². The van der Waals surface area contributed by atoms with Crippen LogP contribution in [0.2, 0.25) is 0 Å². The van der Waals surface area contributed by atoms with Gasteiger partial charge in [0.1, 0.15) is 5.82 Å². The summed E-state index contributed by atoms with van der Waals surface area (Å²) >= 11 is 5.64. The van der Waals surface area contributed by atoms with Crippen LogP contribution in [0.3, 0.4) is 0 Å². The van der Waals surface area contributed by atoms with E-state index in [-0.39, 0.29) is 5.56 Å². The Kier molecular flexibility index (Phi) is 3.72. The van der Waals surface area contributed by atoms with Crippen LogP contribution < -0.4 is 15.0 Å². The van der Waals surface area contributed by atoms with Crippen LogP contribution in [0, 0.1) is 0 Å². The molecule has 0 bridgehead atoms. The maximum Gasteiger partial charge on any atom is 0.258 e. The number of fused-ring (bicyclic) bond motifs is 1. The molecule has 6 heteroatoms. The number of nitrogens with zero attached hydrogens (tertiary/aromatic N) is 1. The SMILES string of the molecule is COc1cc2nc(CCCl)[nH]c(=O)c2cc1OC. The Morgan fingerprint density at radius 3 is 2.56 bits per heavy atom. The van der Waals surface area contributed by atoms with Crippen LogP contribution in [-0.4, -0.2) is 30.1 Å². The average molecular weight is 269 g/mol. The van der Waals surface area contributed by atoms with Gasteiger partial charge in [0.15, 0.2) is 11.5 Å². The standard InChI is InChI=1S/C12H13ClN2O3/c1-17-9-5-7-8(6-10(9)18-2)14-11(3-4-13)15-12(7)16/h5-6H,3-4H2,1-2H3,(H,14,15,16). The van der Waals surface area contributed by atoms with E-state index in [4.69, 9.17) is 21.1 Å². The van der Waals surface area contributed by atoms with Crippen molar-refractivity contribution in [3.05, 3.63) is 28.3 Å². The second-order valence-corrected chi connectivity index (χ2v) is 4.05. The minimum atomic E-state index is -0.207. The topological polar surface area (TPSA) is 64.2 Å². The van der Waals surface area contributed by atoms with E-state index in [0.717, 1.165) is 0 Å². The molecule has 18 heavy (non-hydrogen) atoms. The highest BCUT2D eigenvalue weighted by Crippen LogP contribution is 2.29. The lowest BCUT2D eigenvalue weighted by Gasteiger charge is -2.09. The summed E-state index contributed by atoms with van der Waals surface area (Å²) in [6.07, 6.45) is 0.515. The number of hydrogen-bond acceptors (Lipinski definition) is 4. The zero-order valence-electron chi connectivity index (χ0n) is 10.1. The first-order valence-corrected chi connectivity index (χ1v) is 5.94. The molecule has 2 rings (SSSR count). The summed E-state index contributed by atoms with van der Waals surface area (Å²) in [7, 11) is 3.06. The number of hydrogen-bond donors (Lipinski definition) is 1. The zero-order chi connectivity index (χ0) is 13.1. The Balaban J connectivity index is 2.68. The normalized spacial score (nSPS) is 10.6. The van der Waals surface area contributed by atoms with Crippen LogP contribution in [0.4, 0.5) is 0 Å². The summed E-state index contributed by atoms with van der Waals surface area (Å²) in [6.45, 7) is 0. The number of benzene rings is 1. The van der Waals surface area contributed by atoms with Crippen LogP contribution in [0.15, 0.2) is 16.9 Å². The molecule has 1 N–H and O–H groups in total. The molecular formula is C12H13ClN2O3. The average Bonchev–Trinajstić information content (AvgIpc) is 2.37. The quantitative estimate of drug-likeness (QED) is 0.858. The molecule has 0 radical (unpaired) electrons. The lowest BCUT2D eigenvalue weighted by atomic mass is 10.2. The van der Waals surface area contributed by atoms with Crippen LogP contribution in [0.1, 0.15) is 5.82 Å². The highest BCUT2D eigenvalue weighted by molar-refractivity contribution is 6.17. The van der Waals surface area contributed by atoms with Gasteiger partial charge in [-0.15, -0.1) is 11.6 Å². The number of aromatic nitrogens is 2. The second-order valence-electron chi connectivity index (χ2n) is 3.68. The van der Waals surface area contributed by atoms with Gasteiger partial charge in [-0.05, 0) is 6.07 Å². The number of aryl methyl sites for hydroxylation is 1. The molecule has 0 amide bonds. The van der Waals surface area contributed by atoms with Crippen LogP contribution in [0.25, 0.3) is 10.9 Å². The van der Waals surface area contributed by atoms with Gasteiger partial charge in [-0.25, -0.2) is 4.98 Å². The molecule has 0 saturated carbocycles. The van der Waals surface area contributed by atoms with E-state index in [1.807, 2.05) is 0 Å². The molecule has 0 saturated heterocycles. The fourth-order valence-electron chi connectivity index (χ4n) is 1.72. The molecule has 0 aliphatic rings. The van der Waals surface area contributed by atoms with Gasteiger partial charge in [-0.3, -0.25) is 4.79 Å². The number of rotatable bonds is 4. The summed E-state index contributed by atoms with van der Waals surface area (Å²) in [5.74, 6) is 2.01. The van der Waals surface area contributed by atoms with Gasteiger partial charge < -0.3 is 14.5 Å². The number of ether oxygens (including phenoxy) is 2. The lowest BCUT2D eigenvalue weighted by molar-refractivity contribution is 0.355. The van der Waals surface area contributed by atoms with Crippen molar-refractivity contribution in [1.82, 2.24) is 9.97 Å². The lowest BCUT2D eigenvalue weighted by Crippen LogP contribution is -2.12. The first kappa shape index (κ1) is 12.7. The van der Waals surface area contributed by atoms with Crippen molar-refractivity contribution in [2.75, 3.05) is 20.1 Å². The number of halogens is 1. The first-order valence-electron chi connectivity index (χ1n) is 5.40. The van der Waals surface area contributed by atoms with Crippen LogP contribution >= 0.6 is 11.6 Å². The molecule has 1 aromatic carbocycles. The number of nitrogens with one attached hydrogen (secondary N) is 1. The number of aromatic amines is 1. The third-order valence-electron chi connectivity index (χ3n) is 2.59. The predicted octanol–water partition coefficient (Wildman–Crippen LogP) is 1.72. The van der Waals surface area contributed by atoms with Gasteiger partial charge in [0.25, 0.3) is 5.56 Å². The zero-order valence-corrected chi connectivity index (χ0v) is 10.9. The predicted molar refractivity (Wildman–Crippen MR) is 69.9 cm³/mol. The minimum absolute atomic E-state index is 0.207. The minimum Gasteiger partial charge on any atom is -0.493 e. The van der Waals surface area contributed by atoms with E-state index in [1.54, 1.807) is 12.1 Å². The third kappa shape index (κ3) is 2.26. The van der Waals surface area contributed by atoms with Gasteiger partial charge >= 0.3 is 0 Å². The van der Waals surface area contributed by atoms with Crippen molar-refractivity contribution >= 4 is 22.5 Å². The molecule has 0 unspecified atom stereocenters. The molecule has 0 spiro atoms. The van der Waals surface area contributed by atoms with Crippen LogP contribution in [-0.2, 0) is 6.42 Å². The highest BCUT2D eigenvalue weighted by atomic mass is 35.5. The third-order valence-corrected chi connectivity index (χ3v) is 2.78. The van der Waals surface area contributed by atoms with Gasteiger partial charge in [0, 0.05) is 18.4 Å². The Bertz CT molecular complexity index is 624. The van der Waals surface area contributed by atoms with E-state index in [1.165, 1.54) is 14.2 Å². The summed E-state index contributed by atoms with van der Waals surface area (Å²) < 4.78 is 10.3. The Morgan fingerprint density at radius 2 is 1.94 bits per heavy atom. The molecule has 0 atom stereocenters. The fraction of sp³-hybridized carbons (Fsp3) is 0.333. The molecule has 0 fully saturated rings. The van der Waals surface area contributed by atoms with Gasteiger partial charge in [0.2, 0.25) is 0 Å². The van der Waals surface area contributed by atoms with E-state index >= 15 is 0 Å². The fourth-order valence-corrected chi connectivity index (χ4v) is 1.90. The monoisotopic (exact) mass is 268 g/mol. The molecule has 0 aliphatic carbocycles.